The third kappa shape index (κ3) is 2.19. The molecule has 1 saturated carbocycles. The average Bonchev–Trinajstić information content (AvgIpc) is 1.94. The van der Waals surface area contributed by atoms with Crippen LogP contribution in [-0.2, 0) is 4.79 Å². The van der Waals surface area contributed by atoms with Gasteiger partial charge in [-0.25, -0.2) is 0 Å². The van der Waals surface area contributed by atoms with Gasteiger partial charge in [0.15, 0.2) is 0 Å². The zero-order valence-electron chi connectivity index (χ0n) is 7.07. The van der Waals surface area contributed by atoms with Crippen LogP contribution in [0.3, 0.4) is 0 Å². The number of rotatable bonds is 4. The third-order valence-electron chi connectivity index (χ3n) is 2.53. The number of hydrogen-bond donors (Lipinski definition) is 3. The summed E-state index contributed by atoms with van der Waals surface area (Å²) in [6.07, 6.45) is 3.11. The Hall–Kier alpha value is -0.610. The van der Waals surface area contributed by atoms with E-state index in [0.717, 1.165) is 0 Å². The minimum absolute atomic E-state index is 0.479. The van der Waals surface area contributed by atoms with Crippen LogP contribution in [0.4, 0.5) is 0 Å². The van der Waals surface area contributed by atoms with Crippen LogP contribution in [0.15, 0.2) is 0 Å². The van der Waals surface area contributed by atoms with Crippen LogP contribution >= 0.6 is 0 Å². The van der Waals surface area contributed by atoms with Gasteiger partial charge in [-0.3, -0.25) is 4.79 Å². The number of carbonyl (C=O) groups is 1. The Bertz CT molecular complexity index is 168. The van der Waals surface area contributed by atoms with Gasteiger partial charge in [-0.2, -0.15) is 0 Å². The molecule has 2 atom stereocenters. The highest BCUT2D eigenvalue weighted by Crippen LogP contribution is 2.30. The zero-order chi connectivity index (χ0) is 9.14. The van der Waals surface area contributed by atoms with Gasteiger partial charge in [-0.15, -0.1) is 0 Å². The summed E-state index contributed by atoms with van der Waals surface area (Å²) in [6, 6.07) is -0.479. The molecule has 0 heterocycles. The first kappa shape index (κ1) is 9.48. The van der Waals surface area contributed by atoms with Crippen molar-refractivity contribution in [2.24, 2.45) is 17.4 Å². The van der Waals surface area contributed by atoms with Gasteiger partial charge in [0, 0.05) is 6.04 Å². The maximum atomic E-state index is 10.5. The lowest BCUT2D eigenvalue weighted by molar-refractivity contribution is -0.127. The standard InChI is InChI=1S/C8H16N2O2/c9-6(7(11)8(10)12)4-5-2-1-3-5/h5-7,11H,1-4,9H2,(H2,10,12). The van der Waals surface area contributed by atoms with Crippen LogP contribution in [0, 0.1) is 5.92 Å². The maximum Gasteiger partial charge on any atom is 0.247 e. The number of primary amides is 1. The predicted octanol–water partition coefficient (Wildman–Crippen LogP) is -0.650. The van der Waals surface area contributed by atoms with Gasteiger partial charge in [0.05, 0.1) is 0 Å². The van der Waals surface area contributed by atoms with Crippen LogP contribution in [-0.4, -0.2) is 23.2 Å². The second-order valence-corrected chi connectivity index (χ2v) is 3.54. The van der Waals surface area contributed by atoms with Gasteiger partial charge in [0.25, 0.3) is 0 Å². The van der Waals surface area contributed by atoms with Gasteiger partial charge >= 0.3 is 0 Å². The molecule has 5 N–H and O–H groups in total. The molecule has 0 aromatic carbocycles. The van der Waals surface area contributed by atoms with Crippen molar-refractivity contribution in [2.75, 3.05) is 0 Å². The molecule has 1 rings (SSSR count). The summed E-state index contributed by atoms with van der Waals surface area (Å²) in [6.45, 7) is 0. The van der Waals surface area contributed by atoms with Crippen molar-refractivity contribution >= 4 is 5.91 Å². The van der Waals surface area contributed by atoms with Crippen molar-refractivity contribution in [1.82, 2.24) is 0 Å². The second kappa shape index (κ2) is 3.87. The summed E-state index contributed by atoms with van der Waals surface area (Å²) in [5.74, 6) is -0.129. The van der Waals surface area contributed by atoms with Gasteiger partial charge in [-0.1, -0.05) is 19.3 Å². The molecule has 0 bridgehead atoms. The Morgan fingerprint density at radius 1 is 1.58 bits per heavy atom. The number of carbonyl (C=O) groups excluding carboxylic acids is 1. The topological polar surface area (TPSA) is 89.3 Å². The van der Waals surface area contributed by atoms with Gasteiger partial charge in [-0.05, 0) is 12.3 Å². The van der Waals surface area contributed by atoms with E-state index in [0.29, 0.717) is 12.3 Å². The number of nitrogens with two attached hydrogens (primary N) is 2. The molecule has 1 aliphatic rings. The van der Waals surface area contributed by atoms with E-state index >= 15 is 0 Å². The number of aliphatic hydroxyl groups is 1. The molecule has 2 unspecified atom stereocenters. The molecule has 0 aliphatic heterocycles. The van der Waals surface area contributed by atoms with E-state index in [-0.39, 0.29) is 0 Å². The fraction of sp³-hybridized carbons (Fsp3) is 0.875. The summed E-state index contributed by atoms with van der Waals surface area (Å²) in [7, 11) is 0. The summed E-state index contributed by atoms with van der Waals surface area (Å²) < 4.78 is 0. The number of amides is 1. The molecule has 4 nitrogen and oxygen atoms in total. The molecule has 1 amide bonds. The quantitative estimate of drug-likeness (QED) is 0.526. The Kier molecular flexibility index (Phi) is 3.05. The van der Waals surface area contributed by atoms with Gasteiger partial charge in [0.1, 0.15) is 6.10 Å². The number of aliphatic hydroxyl groups excluding tert-OH is 1. The fourth-order valence-electron chi connectivity index (χ4n) is 1.45. The zero-order valence-corrected chi connectivity index (χ0v) is 7.07. The highest BCUT2D eigenvalue weighted by atomic mass is 16.3. The molecule has 0 aromatic rings. The summed E-state index contributed by atoms with van der Waals surface area (Å²) in [4.78, 5) is 10.5. The van der Waals surface area contributed by atoms with E-state index in [4.69, 9.17) is 16.6 Å². The molecule has 0 radical (unpaired) electrons. The molecule has 0 aromatic heterocycles. The molecule has 12 heavy (non-hydrogen) atoms. The van der Waals surface area contributed by atoms with E-state index in [1.54, 1.807) is 0 Å². The van der Waals surface area contributed by atoms with Crippen LogP contribution in [0.25, 0.3) is 0 Å². The Morgan fingerprint density at radius 3 is 2.50 bits per heavy atom. The lowest BCUT2D eigenvalue weighted by Crippen LogP contribution is -2.45. The summed E-state index contributed by atoms with van der Waals surface area (Å²) >= 11 is 0. The highest BCUT2D eigenvalue weighted by Gasteiger charge is 2.26. The minimum atomic E-state index is -1.18. The fourth-order valence-corrected chi connectivity index (χ4v) is 1.45. The molecule has 0 saturated heterocycles. The number of hydrogen-bond acceptors (Lipinski definition) is 3. The Labute approximate surface area is 71.9 Å². The van der Waals surface area contributed by atoms with Crippen molar-refractivity contribution in [3.63, 3.8) is 0 Å². The van der Waals surface area contributed by atoms with Crippen molar-refractivity contribution < 1.29 is 9.90 Å². The third-order valence-corrected chi connectivity index (χ3v) is 2.53. The first-order chi connectivity index (χ1) is 5.61. The second-order valence-electron chi connectivity index (χ2n) is 3.54. The molecule has 1 aliphatic carbocycles. The van der Waals surface area contributed by atoms with E-state index in [1.165, 1.54) is 19.3 Å². The van der Waals surface area contributed by atoms with E-state index < -0.39 is 18.1 Å². The average molecular weight is 172 g/mol. The predicted molar refractivity (Wildman–Crippen MR) is 45.1 cm³/mol. The van der Waals surface area contributed by atoms with E-state index in [2.05, 4.69) is 0 Å². The summed E-state index contributed by atoms with van der Waals surface area (Å²) in [5.41, 5.74) is 10.5. The lowest BCUT2D eigenvalue weighted by atomic mass is 9.80. The molecule has 1 fully saturated rings. The minimum Gasteiger partial charge on any atom is -0.382 e. The first-order valence-corrected chi connectivity index (χ1v) is 4.34. The van der Waals surface area contributed by atoms with Gasteiger partial charge < -0.3 is 16.6 Å². The molecule has 70 valence electrons. The van der Waals surface area contributed by atoms with Crippen LogP contribution < -0.4 is 11.5 Å². The maximum absolute atomic E-state index is 10.5. The van der Waals surface area contributed by atoms with Gasteiger partial charge in [0.2, 0.25) is 5.91 Å². The summed E-state index contributed by atoms with van der Waals surface area (Å²) in [5, 5.41) is 9.16. The SMILES string of the molecule is NC(=O)C(O)C(N)CC1CCC1. The molecule has 4 heteroatoms. The molecular formula is C8H16N2O2. The van der Waals surface area contributed by atoms with Crippen LogP contribution in [0.2, 0.25) is 0 Å². The lowest BCUT2D eigenvalue weighted by Gasteiger charge is -2.29. The first-order valence-electron chi connectivity index (χ1n) is 4.34. The van der Waals surface area contributed by atoms with Crippen LogP contribution in [0.5, 0.6) is 0 Å². The van der Waals surface area contributed by atoms with Crippen molar-refractivity contribution in [3.05, 3.63) is 0 Å². The van der Waals surface area contributed by atoms with E-state index in [9.17, 15) is 4.79 Å². The Morgan fingerprint density at radius 2 is 2.17 bits per heavy atom. The van der Waals surface area contributed by atoms with Crippen LogP contribution in [0.1, 0.15) is 25.7 Å². The largest absolute Gasteiger partial charge is 0.382 e. The van der Waals surface area contributed by atoms with Crippen molar-refractivity contribution in [2.45, 2.75) is 37.8 Å². The Balaban J connectivity index is 2.25. The molecule has 0 spiro atoms. The van der Waals surface area contributed by atoms with Crippen molar-refractivity contribution in [3.8, 4) is 0 Å². The molecular weight excluding hydrogens is 156 g/mol. The monoisotopic (exact) mass is 172 g/mol. The van der Waals surface area contributed by atoms with Crippen molar-refractivity contribution in [1.29, 1.82) is 0 Å². The highest BCUT2D eigenvalue weighted by molar-refractivity contribution is 5.79. The normalized spacial score (nSPS) is 22.8. The van der Waals surface area contributed by atoms with E-state index in [1.807, 2.05) is 0 Å². The smallest absolute Gasteiger partial charge is 0.247 e.